The minimum atomic E-state index is -0.679. The van der Waals surface area contributed by atoms with Crippen LogP contribution < -0.4 is 0 Å². The van der Waals surface area contributed by atoms with Crippen LogP contribution in [0.4, 0.5) is 5.88 Å². The molecule has 0 aliphatic carbocycles. The first-order valence-electron chi connectivity index (χ1n) is 5.78. The first-order valence-corrected chi connectivity index (χ1v) is 7.78. The van der Waals surface area contributed by atoms with Crippen molar-refractivity contribution in [1.29, 1.82) is 5.41 Å². The summed E-state index contributed by atoms with van der Waals surface area (Å²) < 4.78 is 9.09. The number of hydrogen-bond donors (Lipinski definition) is 1. The third-order valence-electron chi connectivity index (χ3n) is 2.76. The minimum absolute atomic E-state index is 0.0164. The molecule has 1 aromatic heterocycles. The van der Waals surface area contributed by atoms with Crippen molar-refractivity contribution >= 4 is 57.7 Å². The molecule has 3 heterocycles. The Labute approximate surface area is 132 Å². The summed E-state index contributed by atoms with van der Waals surface area (Å²) in [4.78, 5) is 27.2. The molecule has 2 aliphatic rings. The molecule has 1 aromatic rings. The van der Waals surface area contributed by atoms with E-state index in [2.05, 4.69) is 9.39 Å². The van der Waals surface area contributed by atoms with Gasteiger partial charge in [-0.3, -0.25) is 20.3 Å². The second kappa shape index (κ2) is 5.42. The quantitative estimate of drug-likeness (QED) is 0.379. The lowest BCUT2D eigenvalue weighted by atomic mass is 10.1. The molecule has 1 N–H and O–H groups in total. The molecule has 0 saturated carbocycles. The third-order valence-corrected chi connectivity index (χ3v) is 4.21. The van der Waals surface area contributed by atoms with Crippen LogP contribution in [0.15, 0.2) is 31.5 Å². The number of rotatable bonds is 2. The summed E-state index contributed by atoms with van der Waals surface area (Å²) in [6.07, 6.45) is 3.06. The van der Waals surface area contributed by atoms with Crippen molar-refractivity contribution in [2.75, 3.05) is 6.26 Å². The second-order valence-electron chi connectivity index (χ2n) is 4.04. The molecule has 112 valence electrons. The maximum Gasteiger partial charge on any atom is 0.433 e. The van der Waals surface area contributed by atoms with Gasteiger partial charge < -0.3 is 4.42 Å². The van der Waals surface area contributed by atoms with Crippen molar-refractivity contribution in [2.24, 2.45) is 9.39 Å². The Balaban J connectivity index is 1.98. The molecule has 0 radical (unpaired) electrons. The molecule has 0 unspecified atom stereocenters. The standard InChI is InChI=1S/C11H7N5O4S2/c1-21-11-14-22-10-13-9(17)6(8(12)15(10)11)4-5-2-3-7(20-5)16(18)19/h2-4,12H,1H3/b6-4-,12-8?. The SMILES string of the molecule is CSC1=NSC2=NC(=O)/C(=C\c3ccc([N+](=O)[O-])o3)C(=N)N12. The first-order chi connectivity index (χ1) is 10.5. The predicted octanol–water partition coefficient (Wildman–Crippen LogP) is 2.13. The van der Waals surface area contributed by atoms with Gasteiger partial charge in [-0.15, -0.1) is 0 Å². The summed E-state index contributed by atoms with van der Waals surface area (Å²) in [5, 5.41) is 19.6. The fourth-order valence-electron chi connectivity index (χ4n) is 1.79. The Morgan fingerprint density at radius 3 is 2.95 bits per heavy atom. The average Bonchev–Trinajstić information content (AvgIpc) is 3.09. The van der Waals surface area contributed by atoms with Crippen molar-refractivity contribution in [3.63, 3.8) is 0 Å². The molecule has 0 atom stereocenters. The van der Waals surface area contributed by atoms with E-state index in [0.29, 0.717) is 10.3 Å². The summed E-state index contributed by atoms with van der Waals surface area (Å²) in [7, 11) is 0. The summed E-state index contributed by atoms with van der Waals surface area (Å²) in [6, 6.07) is 2.53. The van der Waals surface area contributed by atoms with Gasteiger partial charge in [-0.05, 0) is 18.4 Å². The minimum Gasteiger partial charge on any atom is -0.401 e. The van der Waals surface area contributed by atoms with Gasteiger partial charge in [0.25, 0.3) is 5.91 Å². The monoisotopic (exact) mass is 337 g/mol. The van der Waals surface area contributed by atoms with E-state index in [1.807, 2.05) is 0 Å². The Morgan fingerprint density at radius 2 is 2.32 bits per heavy atom. The number of amidine groups is 3. The van der Waals surface area contributed by atoms with Crippen molar-refractivity contribution in [3.05, 3.63) is 33.6 Å². The highest BCUT2D eigenvalue weighted by molar-refractivity contribution is 8.18. The molecule has 2 aliphatic heterocycles. The van der Waals surface area contributed by atoms with E-state index in [4.69, 9.17) is 9.83 Å². The Bertz CT molecular complexity index is 794. The molecule has 1 amide bonds. The van der Waals surface area contributed by atoms with Gasteiger partial charge in [-0.1, -0.05) is 11.8 Å². The zero-order chi connectivity index (χ0) is 15.9. The molecule has 3 rings (SSSR count). The highest BCUT2D eigenvalue weighted by Crippen LogP contribution is 2.31. The zero-order valence-corrected chi connectivity index (χ0v) is 12.6. The van der Waals surface area contributed by atoms with Crippen LogP contribution in [0.3, 0.4) is 0 Å². The van der Waals surface area contributed by atoms with Crippen molar-refractivity contribution < 1.29 is 14.1 Å². The smallest absolute Gasteiger partial charge is 0.401 e. The lowest BCUT2D eigenvalue weighted by Crippen LogP contribution is -2.41. The number of fused-ring (bicyclic) bond motifs is 1. The fraction of sp³-hybridized carbons (Fsp3) is 0.0909. The van der Waals surface area contributed by atoms with Crippen LogP contribution in [0.25, 0.3) is 6.08 Å². The molecule has 22 heavy (non-hydrogen) atoms. The number of amides is 1. The van der Waals surface area contributed by atoms with Gasteiger partial charge in [-0.25, -0.2) is 4.90 Å². The number of nitrogens with zero attached hydrogens (tertiary/aromatic N) is 4. The maximum absolute atomic E-state index is 12.0. The van der Waals surface area contributed by atoms with Crippen LogP contribution in [-0.4, -0.2) is 38.2 Å². The number of carbonyl (C=O) groups is 1. The molecule has 9 nitrogen and oxygen atoms in total. The molecule has 11 heteroatoms. The summed E-state index contributed by atoms with van der Waals surface area (Å²) in [6.45, 7) is 0. The van der Waals surface area contributed by atoms with E-state index in [1.165, 1.54) is 34.9 Å². The van der Waals surface area contributed by atoms with Gasteiger partial charge in [0.2, 0.25) is 5.17 Å². The first kappa shape index (κ1) is 14.5. The molecule has 0 saturated heterocycles. The van der Waals surface area contributed by atoms with Crippen molar-refractivity contribution in [2.45, 2.75) is 0 Å². The molecule has 0 spiro atoms. The highest BCUT2D eigenvalue weighted by atomic mass is 32.2. The topological polar surface area (TPSA) is 125 Å². The number of nitro groups is 1. The van der Waals surface area contributed by atoms with Gasteiger partial charge in [0.15, 0.2) is 5.17 Å². The second-order valence-corrected chi connectivity index (χ2v) is 5.55. The summed E-state index contributed by atoms with van der Waals surface area (Å²) in [5.74, 6) is -1.03. The number of furan rings is 1. The number of carbonyl (C=O) groups excluding carboxylic acids is 1. The normalized spacial score (nSPS) is 19.3. The Morgan fingerprint density at radius 1 is 1.55 bits per heavy atom. The van der Waals surface area contributed by atoms with E-state index < -0.39 is 16.7 Å². The number of nitrogens with one attached hydrogen (secondary N) is 1. The van der Waals surface area contributed by atoms with Crippen molar-refractivity contribution in [1.82, 2.24) is 4.90 Å². The van der Waals surface area contributed by atoms with E-state index >= 15 is 0 Å². The number of aliphatic imine (C=N–C) groups is 1. The van der Waals surface area contributed by atoms with E-state index in [0.717, 1.165) is 11.9 Å². The van der Waals surface area contributed by atoms with Crippen LogP contribution in [0.2, 0.25) is 0 Å². The molecule has 0 fully saturated rings. The van der Waals surface area contributed by atoms with Crippen molar-refractivity contribution in [3.8, 4) is 0 Å². The molecular formula is C11H7N5O4S2. The maximum atomic E-state index is 12.0. The van der Waals surface area contributed by atoms with Gasteiger partial charge in [0, 0.05) is 0 Å². The van der Waals surface area contributed by atoms with E-state index in [-0.39, 0.29) is 17.2 Å². The van der Waals surface area contributed by atoms with Crippen LogP contribution in [0.1, 0.15) is 5.76 Å². The van der Waals surface area contributed by atoms with Gasteiger partial charge in [0.05, 0.1) is 23.6 Å². The zero-order valence-electron chi connectivity index (χ0n) is 11.0. The van der Waals surface area contributed by atoms with Crippen LogP contribution in [0.5, 0.6) is 0 Å². The Kier molecular flexibility index (Phi) is 3.58. The van der Waals surface area contributed by atoms with Gasteiger partial charge in [-0.2, -0.15) is 9.39 Å². The van der Waals surface area contributed by atoms with Gasteiger partial charge in [0.1, 0.15) is 16.5 Å². The number of thioether (sulfide) groups is 1. The largest absolute Gasteiger partial charge is 0.433 e. The van der Waals surface area contributed by atoms with Gasteiger partial charge >= 0.3 is 5.88 Å². The summed E-state index contributed by atoms with van der Waals surface area (Å²) >= 11 is 2.35. The van der Waals surface area contributed by atoms with E-state index in [1.54, 1.807) is 6.26 Å². The highest BCUT2D eigenvalue weighted by Gasteiger charge is 2.37. The average molecular weight is 337 g/mol. The molecule has 0 aromatic carbocycles. The number of hydrogen-bond acceptors (Lipinski definition) is 8. The van der Waals surface area contributed by atoms with Crippen LogP contribution in [0, 0.1) is 15.5 Å². The third kappa shape index (κ3) is 2.33. The molecular weight excluding hydrogens is 330 g/mol. The van der Waals surface area contributed by atoms with Crippen LogP contribution >= 0.6 is 23.7 Å². The van der Waals surface area contributed by atoms with Crippen LogP contribution in [-0.2, 0) is 4.79 Å². The lowest BCUT2D eigenvalue weighted by Gasteiger charge is -2.23. The Hall–Kier alpha value is -2.40. The predicted molar refractivity (Wildman–Crippen MR) is 83.9 cm³/mol. The lowest BCUT2D eigenvalue weighted by molar-refractivity contribution is -0.402. The molecule has 0 bridgehead atoms. The fourth-order valence-corrected chi connectivity index (χ4v) is 3.25. The van der Waals surface area contributed by atoms with E-state index in [9.17, 15) is 14.9 Å². The summed E-state index contributed by atoms with van der Waals surface area (Å²) in [5.41, 5.74) is -0.0164.